The summed E-state index contributed by atoms with van der Waals surface area (Å²) in [5.41, 5.74) is 2.11. The molecule has 0 saturated carbocycles. The third kappa shape index (κ3) is 3.14. The monoisotopic (exact) mass is 356 g/mol. The normalized spacial score (nSPS) is 13.7. The van der Waals surface area contributed by atoms with Crippen LogP contribution in [0, 0.1) is 0 Å². The predicted molar refractivity (Wildman–Crippen MR) is 97.6 cm³/mol. The minimum Gasteiger partial charge on any atom is -0.324 e. The summed E-state index contributed by atoms with van der Waals surface area (Å²) in [6.45, 7) is 0. The van der Waals surface area contributed by atoms with Crippen molar-refractivity contribution in [3.63, 3.8) is 0 Å². The second-order valence-electron chi connectivity index (χ2n) is 5.65. The van der Waals surface area contributed by atoms with Crippen LogP contribution in [0.2, 0.25) is 0 Å². The van der Waals surface area contributed by atoms with E-state index in [1.807, 2.05) is 6.07 Å². The molecule has 5 nitrogen and oxygen atoms in total. The first-order valence-corrected chi connectivity index (χ1v) is 9.69. The van der Waals surface area contributed by atoms with Gasteiger partial charge >= 0.3 is 0 Å². The number of carbonyl (C=O) groups is 1. The fraction of sp³-hybridized carbons (Fsp3) is 0.294. The summed E-state index contributed by atoms with van der Waals surface area (Å²) in [6, 6.07) is 3.63. The summed E-state index contributed by atoms with van der Waals surface area (Å²) in [6.07, 6.45) is 9.64. The van der Waals surface area contributed by atoms with Gasteiger partial charge in [-0.3, -0.25) is 9.78 Å². The third-order valence-electron chi connectivity index (χ3n) is 4.00. The Hall–Kier alpha value is -1.99. The van der Waals surface area contributed by atoms with E-state index in [1.165, 1.54) is 35.0 Å². The molecule has 1 N–H and O–H groups in total. The van der Waals surface area contributed by atoms with E-state index in [4.69, 9.17) is 0 Å². The molecule has 0 saturated heterocycles. The fourth-order valence-corrected chi connectivity index (χ4v) is 5.06. The van der Waals surface area contributed by atoms with Crippen molar-refractivity contribution in [3.05, 3.63) is 41.3 Å². The number of aromatic nitrogens is 3. The molecule has 1 aliphatic rings. The van der Waals surface area contributed by atoms with Gasteiger partial charge in [0, 0.05) is 16.5 Å². The van der Waals surface area contributed by atoms with Gasteiger partial charge in [0.05, 0.1) is 17.6 Å². The number of pyridine rings is 1. The quantitative estimate of drug-likeness (QED) is 0.570. The van der Waals surface area contributed by atoms with Gasteiger partial charge in [0.25, 0.3) is 0 Å². The number of anilines is 1. The number of hydrogen-bond acceptors (Lipinski definition) is 6. The first kappa shape index (κ1) is 15.5. The molecule has 122 valence electrons. The van der Waals surface area contributed by atoms with E-state index < -0.39 is 0 Å². The number of rotatable bonds is 4. The summed E-state index contributed by atoms with van der Waals surface area (Å²) in [7, 11) is 0. The molecule has 4 rings (SSSR count). The number of thioether (sulfide) groups is 1. The van der Waals surface area contributed by atoms with Gasteiger partial charge in [-0.2, -0.15) is 0 Å². The zero-order valence-electron chi connectivity index (χ0n) is 13.0. The van der Waals surface area contributed by atoms with Gasteiger partial charge in [-0.1, -0.05) is 11.8 Å². The minimum atomic E-state index is -0.0520. The number of carbonyl (C=O) groups excluding carboxylic acids is 1. The van der Waals surface area contributed by atoms with E-state index in [-0.39, 0.29) is 5.91 Å². The Bertz CT molecular complexity index is 879. The van der Waals surface area contributed by atoms with E-state index in [0.29, 0.717) is 11.4 Å². The Kier molecular flexibility index (Phi) is 4.44. The average Bonchev–Trinajstić information content (AvgIpc) is 3.00. The van der Waals surface area contributed by atoms with Gasteiger partial charge in [-0.15, -0.1) is 11.3 Å². The molecule has 0 atom stereocenters. The van der Waals surface area contributed by atoms with Crippen LogP contribution >= 0.6 is 23.1 Å². The van der Waals surface area contributed by atoms with E-state index >= 15 is 0 Å². The lowest BCUT2D eigenvalue weighted by Crippen LogP contribution is -2.14. The van der Waals surface area contributed by atoms with Crippen LogP contribution in [0.25, 0.3) is 10.2 Å². The van der Waals surface area contributed by atoms with Gasteiger partial charge < -0.3 is 5.32 Å². The van der Waals surface area contributed by atoms with Gasteiger partial charge in [0.15, 0.2) is 0 Å². The maximum atomic E-state index is 12.1. The average molecular weight is 356 g/mol. The van der Waals surface area contributed by atoms with Crippen molar-refractivity contribution in [3.8, 4) is 0 Å². The first-order chi connectivity index (χ1) is 11.8. The maximum absolute atomic E-state index is 12.1. The zero-order valence-corrected chi connectivity index (χ0v) is 14.6. The molecule has 7 heteroatoms. The molecule has 0 bridgehead atoms. The van der Waals surface area contributed by atoms with E-state index in [0.717, 1.165) is 28.1 Å². The van der Waals surface area contributed by atoms with Crippen LogP contribution in [0.4, 0.5) is 5.69 Å². The Morgan fingerprint density at radius 1 is 1.29 bits per heavy atom. The summed E-state index contributed by atoms with van der Waals surface area (Å²) in [5, 5.41) is 4.93. The number of thiophene rings is 1. The van der Waals surface area contributed by atoms with Crippen molar-refractivity contribution in [2.75, 3.05) is 11.1 Å². The minimum absolute atomic E-state index is 0.0520. The molecule has 3 aromatic heterocycles. The highest BCUT2D eigenvalue weighted by Crippen LogP contribution is 2.39. The van der Waals surface area contributed by atoms with Crippen LogP contribution in [0.3, 0.4) is 0 Å². The molecule has 0 unspecified atom stereocenters. The lowest BCUT2D eigenvalue weighted by Gasteiger charge is -2.11. The van der Waals surface area contributed by atoms with E-state index in [9.17, 15) is 4.79 Å². The largest absolute Gasteiger partial charge is 0.324 e. The molecular weight excluding hydrogens is 340 g/mol. The standard InChI is InChI=1S/C17H16N4OS2/c22-14(21-11-4-3-7-18-8-11)9-23-16-15-12-5-1-2-6-13(12)24-17(15)20-10-19-16/h3-4,7-8,10H,1-2,5-6,9H2,(H,21,22). The number of amides is 1. The van der Waals surface area contributed by atoms with E-state index in [1.54, 1.807) is 36.1 Å². The number of nitrogens with one attached hydrogen (secondary N) is 1. The molecule has 24 heavy (non-hydrogen) atoms. The highest BCUT2D eigenvalue weighted by atomic mass is 32.2. The maximum Gasteiger partial charge on any atom is 0.234 e. The molecule has 0 aromatic carbocycles. The Balaban J connectivity index is 1.52. The molecule has 0 radical (unpaired) electrons. The van der Waals surface area contributed by atoms with Crippen molar-refractivity contribution in [2.45, 2.75) is 30.7 Å². The third-order valence-corrected chi connectivity index (χ3v) is 6.19. The number of fused-ring (bicyclic) bond motifs is 3. The molecule has 1 amide bonds. The summed E-state index contributed by atoms with van der Waals surface area (Å²) >= 11 is 3.26. The SMILES string of the molecule is O=C(CSc1ncnc2sc3c(c12)CCCC3)Nc1cccnc1. The van der Waals surface area contributed by atoms with Crippen LogP contribution in [0.5, 0.6) is 0 Å². The second-order valence-corrected chi connectivity index (χ2v) is 7.70. The molecular formula is C17H16N4OS2. The Labute approximate surface area is 147 Å². The van der Waals surface area contributed by atoms with Crippen LogP contribution in [0.15, 0.2) is 35.9 Å². The highest BCUT2D eigenvalue weighted by molar-refractivity contribution is 8.00. The highest BCUT2D eigenvalue weighted by Gasteiger charge is 2.20. The van der Waals surface area contributed by atoms with Crippen LogP contribution in [-0.4, -0.2) is 26.6 Å². The lowest BCUT2D eigenvalue weighted by atomic mass is 9.97. The smallest absolute Gasteiger partial charge is 0.234 e. The molecule has 3 aromatic rings. The Morgan fingerprint density at radius 2 is 2.21 bits per heavy atom. The fourth-order valence-electron chi connectivity index (χ4n) is 2.94. The van der Waals surface area contributed by atoms with Crippen molar-refractivity contribution in [2.24, 2.45) is 0 Å². The van der Waals surface area contributed by atoms with Crippen molar-refractivity contribution in [1.82, 2.24) is 15.0 Å². The second kappa shape index (κ2) is 6.86. The predicted octanol–water partition coefficient (Wildman–Crippen LogP) is 3.70. The number of aryl methyl sites for hydroxylation is 2. The van der Waals surface area contributed by atoms with E-state index in [2.05, 4.69) is 20.3 Å². The van der Waals surface area contributed by atoms with Crippen LogP contribution in [-0.2, 0) is 17.6 Å². The molecule has 0 spiro atoms. The lowest BCUT2D eigenvalue weighted by molar-refractivity contribution is -0.113. The topological polar surface area (TPSA) is 67.8 Å². The molecule has 0 aliphatic heterocycles. The van der Waals surface area contributed by atoms with Crippen molar-refractivity contribution in [1.29, 1.82) is 0 Å². The molecule has 3 heterocycles. The van der Waals surface area contributed by atoms with Crippen molar-refractivity contribution >= 4 is 44.9 Å². The summed E-state index contributed by atoms with van der Waals surface area (Å²) in [4.78, 5) is 27.5. The molecule has 1 aliphatic carbocycles. The van der Waals surface area contributed by atoms with Crippen LogP contribution in [0.1, 0.15) is 23.3 Å². The van der Waals surface area contributed by atoms with Gasteiger partial charge in [0.2, 0.25) is 5.91 Å². The first-order valence-electron chi connectivity index (χ1n) is 7.89. The Morgan fingerprint density at radius 3 is 3.08 bits per heavy atom. The van der Waals surface area contributed by atoms with Crippen molar-refractivity contribution < 1.29 is 4.79 Å². The zero-order chi connectivity index (χ0) is 16.4. The van der Waals surface area contributed by atoms with Gasteiger partial charge in [0.1, 0.15) is 16.2 Å². The molecule has 0 fully saturated rings. The number of hydrogen-bond donors (Lipinski definition) is 1. The van der Waals surface area contributed by atoms with Gasteiger partial charge in [-0.05, 0) is 43.4 Å². The summed E-state index contributed by atoms with van der Waals surface area (Å²) < 4.78 is 0. The summed E-state index contributed by atoms with van der Waals surface area (Å²) in [5.74, 6) is 0.273. The number of nitrogens with zero attached hydrogens (tertiary/aromatic N) is 3. The van der Waals surface area contributed by atoms with Crippen LogP contribution < -0.4 is 5.32 Å². The van der Waals surface area contributed by atoms with Gasteiger partial charge in [-0.25, -0.2) is 9.97 Å².